The monoisotopic (exact) mass is 412 g/mol. The van der Waals surface area contributed by atoms with Crippen LogP contribution < -0.4 is 15.0 Å². The summed E-state index contributed by atoms with van der Waals surface area (Å²) in [5.41, 5.74) is 2.15. The first kappa shape index (κ1) is 17.2. The lowest BCUT2D eigenvalue weighted by atomic mass is 10.2. The Labute approximate surface area is 168 Å². The Morgan fingerprint density at radius 1 is 1.18 bits per heavy atom. The first-order valence-corrected chi connectivity index (χ1v) is 9.79. The predicted octanol–water partition coefficient (Wildman–Crippen LogP) is 3.78. The second-order valence-corrected chi connectivity index (χ2v) is 7.41. The number of aromatic amines is 1. The van der Waals surface area contributed by atoms with Crippen LogP contribution in [0.15, 0.2) is 58.7 Å². The summed E-state index contributed by atoms with van der Waals surface area (Å²) in [5.74, 6) is 1.80. The molecule has 9 heteroatoms. The fraction of sp³-hybridized carbons (Fsp3) is 0.105. The van der Waals surface area contributed by atoms with Gasteiger partial charge < -0.3 is 14.5 Å². The van der Waals surface area contributed by atoms with Crippen molar-refractivity contribution in [3.8, 4) is 17.2 Å². The van der Waals surface area contributed by atoms with Crippen molar-refractivity contribution in [1.82, 2.24) is 19.5 Å². The van der Waals surface area contributed by atoms with Crippen LogP contribution in [0.4, 0.5) is 0 Å². The Morgan fingerprint density at radius 2 is 1.96 bits per heavy atom. The van der Waals surface area contributed by atoms with Gasteiger partial charge in [0.05, 0.1) is 12.0 Å². The van der Waals surface area contributed by atoms with E-state index in [1.54, 1.807) is 10.6 Å². The van der Waals surface area contributed by atoms with Crippen molar-refractivity contribution in [2.45, 2.75) is 10.9 Å². The zero-order chi connectivity index (χ0) is 19.1. The molecule has 0 atom stereocenters. The smallest absolute Gasteiger partial charge is 0.284 e. The van der Waals surface area contributed by atoms with Crippen LogP contribution in [-0.2, 0) is 5.75 Å². The van der Waals surface area contributed by atoms with E-state index < -0.39 is 0 Å². The molecule has 2 aromatic carbocycles. The highest BCUT2D eigenvalue weighted by Gasteiger charge is 2.19. The van der Waals surface area contributed by atoms with Crippen LogP contribution in [0.5, 0.6) is 11.5 Å². The standard InChI is InChI=1S/C19H13ClN4O3S/c20-13-7-15-14(26-10-27-15)6-11(13)8-28-19-23-17-16(21-9-22-17)18(25)24(19)12-4-2-1-3-5-12/h1-7,9H,8,10H2,(H,21,22). The Morgan fingerprint density at radius 3 is 2.79 bits per heavy atom. The number of hydrogen-bond donors (Lipinski definition) is 1. The van der Waals surface area contributed by atoms with Gasteiger partial charge in [0.2, 0.25) is 6.79 Å². The first-order valence-electron chi connectivity index (χ1n) is 8.43. The quantitative estimate of drug-likeness (QED) is 0.405. The van der Waals surface area contributed by atoms with Gasteiger partial charge in [0.25, 0.3) is 5.56 Å². The van der Waals surface area contributed by atoms with E-state index in [2.05, 4.69) is 15.0 Å². The third kappa shape index (κ3) is 2.90. The van der Waals surface area contributed by atoms with Gasteiger partial charge in [-0.1, -0.05) is 41.6 Å². The normalized spacial score (nSPS) is 12.6. The number of benzene rings is 2. The van der Waals surface area contributed by atoms with E-state index >= 15 is 0 Å². The molecule has 0 saturated carbocycles. The number of fused-ring (bicyclic) bond motifs is 2. The SMILES string of the molecule is O=c1c2[nH]cnc2nc(SCc2cc3c(cc2Cl)OCO3)n1-c1ccccc1. The number of imidazole rings is 1. The molecule has 0 aliphatic carbocycles. The minimum Gasteiger partial charge on any atom is -0.454 e. The van der Waals surface area contributed by atoms with Crippen LogP contribution in [0.1, 0.15) is 5.56 Å². The van der Waals surface area contributed by atoms with Gasteiger partial charge in [0.1, 0.15) is 0 Å². The Hall–Kier alpha value is -2.97. The van der Waals surface area contributed by atoms with Gasteiger partial charge in [-0.3, -0.25) is 9.36 Å². The van der Waals surface area contributed by atoms with Crippen LogP contribution in [0.3, 0.4) is 0 Å². The average molecular weight is 413 g/mol. The first-order chi connectivity index (χ1) is 13.7. The second-order valence-electron chi connectivity index (χ2n) is 6.06. The molecule has 1 N–H and O–H groups in total. The Balaban J connectivity index is 1.57. The molecule has 5 rings (SSSR count). The third-order valence-electron chi connectivity index (χ3n) is 4.34. The molecule has 0 unspecified atom stereocenters. The maximum absolute atomic E-state index is 13.0. The summed E-state index contributed by atoms with van der Waals surface area (Å²) in [4.78, 5) is 24.6. The molecule has 0 radical (unpaired) electrons. The number of nitrogens with zero attached hydrogens (tertiary/aromatic N) is 3. The van der Waals surface area contributed by atoms with E-state index in [-0.39, 0.29) is 12.4 Å². The van der Waals surface area contributed by atoms with Crippen LogP contribution in [-0.4, -0.2) is 26.3 Å². The van der Waals surface area contributed by atoms with E-state index in [1.807, 2.05) is 36.4 Å². The molecule has 7 nitrogen and oxygen atoms in total. The van der Waals surface area contributed by atoms with Crippen molar-refractivity contribution >= 4 is 34.5 Å². The van der Waals surface area contributed by atoms with E-state index in [0.29, 0.717) is 38.6 Å². The molecule has 1 aliphatic rings. The summed E-state index contributed by atoms with van der Waals surface area (Å²) in [6.45, 7) is 0.188. The number of thioether (sulfide) groups is 1. The van der Waals surface area contributed by atoms with Gasteiger partial charge in [-0.05, 0) is 23.8 Å². The molecule has 1 aliphatic heterocycles. The molecule has 3 heterocycles. The summed E-state index contributed by atoms with van der Waals surface area (Å²) < 4.78 is 12.4. The molecule has 0 spiro atoms. The topological polar surface area (TPSA) is 82.0 Å². The number of hydrogen-bond acceptors (Lipinski definition) is 6. The molecule has 140 valence electrons. The largest absolute Gasteiger partial charge is 0.454 e. The summed E-state index contributed by atoms with van der Waals surface area (Å²) in [5, 5.41) is 1.11. The highest BCUT2D eigenvalue weighted by atomic mass is 35.5. The second kappa shape index (κ2) is 6.88. The molecular formula is C19H13ClN4O3S. The maximum atomic E-state index is 13.0. The molecule has 0 saturated heterocycles. The fourth-order valence-corrected chi connectivity index (χ4v) is 4.27. The van der Waals surface area contributed by atoms with E-state index in [0.717, 1.165) is 11.3 Å². The van der Waals surface area contributed by atoms with E-state index in [9.17, 15) is 4.79 Å². The molecule has 2 aromatic heterocycles. The lowest BCUT2D eigenvalue weighted by molar-refractivity contribution is 0.174. The molecular weight excluding hydrogens is 400 g/mol. The summed E-state index contributed by atoms with van der Waals surface area (Å²) in [6, 6.07) is 13.0. The highest BCUT2D eigenvalue weighted by Crippen LogP contribution is 2.38. The number of ether oxygens (including phenoxy) is 2. The van der Waals surface area contributed by atoms with Crippen LogP contribution in [0, 0.1) is 0 Å². The number of para-hydroxylation sites is 1. The third-order valence-corrected chi connectivity index (χ3v) is 5.68. The lowest BCUT2D eigenvalue weighted by Gasteiger charge is -2.12. The van der Waals surface area contributed by atoms with Crippen LogP contribution in [0.25, 0.3) is 16.9 Å². The van der Waals surface area contributed by atoms with Crippen molar-refractivity contribution in [3.63, 3.8) is 0 Å². The van der Waals surface area contributed by atoms with Gasteiger partial charge in [-0.2, -0.15) is 0 Å². The Kier molecular flexibility index (Phi) is 4.22. The summed E-state index contributed by atoms with van der Waals surface area (Å²) in [6.07, 6.45) is 1.47. The number of nitrogens with one attached hydrogen (secondary N) is 1. The minimum atomic E-state index is -0.201. The fourth-order valence-electron chi connectivity index (χ4n) is 2.98. The minimum absolute atomic E-state index is 0.188. The molecule has 0 amide bonds. The maximum Gasteiger partial charge on any atom is 0.284 e. The van der Waals surface area contributed by atoms with Gasteiger partial charge in [-0.15, -0.1) is 0 Å². The predicted molar refractivity (Wildman–Crippen MR) is 107 cm³/mol. The summed E-state index contributed by atoms with van der Waals surface area (Å²) >= 11 is 7.79. The number of H-pyrrole nitrogens is 1. The number of halogens is 1. The molecule has 4 aromatic rings. The van der Waals surface area contributed by atoms with Gasteiger partial charge in [0.15, 0.2) is 27.8 Å². The molecule has 0 fully saturated rings. The zero-order valence-electron chi connectivity index (χ0n) is 14.4. The van der Waals surface area contributed by atoms with Gasteiger partial charge in [-0.25, -0.2) is 9.97 Å². The highest BCUT2D eigenvalue weighted by molar-refractivity contribution is 7.98. The summed E-state index contributed by atoms with van der Waals surface area (Å²) in [7, 11) is 0. The lowest BCUT2D eigenvalue weighted by Crippen LogP contribution is -2.21. The van der Waals surface area contributed by atoms with Crippen molar-refractivity contribution in [2.75, 3.05) is 6.79 Å². The Bertz CT molecular complexity index is 1240. The molecule has 0 bridgehead atoms. The van der Waals surface area contributed by atoms with Crippen molar-refractivity contribution < 1.29 is 9.47 Å². The number of aromatic nitrogens is 4. The van der Waals surface area contributed by atoms with Crippen molar-refractivity contribution in [1.29, 1.82) is 0 Å². The van der Waals surface area contributed by atoms with E-state index in [1.165, 1.54) is 18.1 Å². The average Bonchev–Trinajstić information content (AvgIpc) is 3.36. The van der Waals surface area contributed by atoms with Gasteiger partial charge in [0, 0.05) is 16.8 Å². The number of rotatable bonds is 4. The van der Waals surface area contributed by atoms with E-state index in [4.69, 9.17) is 21.1 Å². The van der Waals surface area contributed by atoms with Crippen molar-refractivity contribution in [2.24, 2.45) is 0 Å². The zero-order valence-corrected chi connectivity index (χ0v) is 16.0. The van der Waals surface area contributed by atoms with Crippen LogP contribution in [0.2, 0.25) is 5.02 Å². The van der Waals surface area contributed by atoms with Crippen LogP contribution >= 0.6 is 23.4 Å². The van der Waals surface area contributed by atoms with Gasteiger partial charge >= 0.3 is 0 Å². The molecule has 28 heavy (non-hydrogen) atoms. The van der Waals surface area contributed by atoms with Crippen molar-refractivity contribution in [3.05, 3.63) is 69.7 Å².